The number of benzene rings is 1. The van der Waals surface area contributed by atoms with Crippen molar-refractivity contribution in [2.45, 2.75) is 0 Å². The van der Waals surface area contributed by atoms with Gasteiger partial charge in [-0.05, 0) is 0 Å². The average Bonchev–Trinajstić information content (AvgIpc) is 2.28. The minimum absolute atomic E-state index is 0.0199. The second-order valence-electron chi connectivity index (χ2n) is 3.20. The van der Waals surface area contributed by atoms with Gasteiger partial charge in [0.05, 0.1) is 15.9 Å². The van der Waals surface area contributed by atoms with Crippen LogP contribution in [0.15, 0.2) is 6.07 Å². The Hall–Kier alpha value is -2.58. The van der Waals surface area contributed by atoms with Crippen LogP contribution >= 0.6 is 0 Å². The summed E-state index contributed by atoms with van der Waals surface area (Å²) in [6.45, 7) is 0.396. The Balaban J connectivity index is 2.72. The van der Waals surface area contributed by atoms with Crippen molar-refractivity contribution >= 4 is 17.1 Å². The Morgan fingerprint density at radius 1 is 1.18 bits per heavy atom. The smallest absolute Gasteiger partial charge is 0.372 e. The number of hydrogen-bond donors (Lipinski definition) is 1. The Labute approximate surface area is 94.0 Å². The molecule has 1 aliphatic rings. The molecule has 0 radical (unpaired) electrons. The fourth-order valence-electron chi connectivity index (χ4n) is 1.52. The highest BCUT2D eigenvalue weighted by Gasteiger charge is 2.34. The lowest BCUT2D eigenvalue weighted by atomic mass is 10.2. The van der Waals surface area contributed by atoms with E-state index in [1.54, 1.807) is 0 Å². The normalized spacial score (nSPS) is 13.2. The maximum absolute atomic E-state index is 10.8. The first kappa shape index (κ1) is 10.9. The third kappa shape index (κ3) is 1.67. The molecule has 0 spiro atoms. The molecule has 0 fully saturated rings. The van der Waals surface area contributed by atoms with Crippen LogP contribution in [-0.4, -0.2) is 23.1 Å². The first-order valence-electron chi connectivity index (χ1n) is 4.53. The summed E-state index contributed by atoms with van der Waals surface area (Å²) in [4.78, 5) is 19.7. The average molecular weight is 241 g/mol. The van der Waals surface area contributed by atoms with E-state index >= 15 is 0 Å². The molecule has 1 aliphatic heterocycles. The minimum Gasteiger partial charge on any atom is -0.486 e. The molecule has 0 unspecified atom stereocenters. The van der Waals surface area contributed by atoms with Gasteiger partial charge in [0.25, 0.3) is 0 Å². The predicted molar refractivity (Wildman–Crippen MR) is 55.2 cm³/mol. The molecule has 17 heavy (non-hydrogen) atoms. The van der Waals surface area contributed by atoms with Gasteiger partial charge >= 0.3 is 11.4 Å². The number of nitrogens with two attached hydrogens (primary N) is 1. The Kier molecular flexibility index (Phi) is 2.42. The lowest BCUT2D eigenvalue weighted by molar-refractivity contribution is -0.421. The molecule has 9 heteroatoms. The van der Waals surface area contributed by atoms with Crippen LogP contribution in [0.2, 0.25) is 0 Å². The van der Waals surface area contributed by atoms with Crippen molar-refractivity contribution in [1.82, 2.24) is 0 Å². The van der Waals surface area contributed by atoms with Gasteiger partial charge in [0, 0.05) is 0 Å². The quantitative estimate of drug-likeness (QED) is 0.461. The molecule has 0 bridgehead atoms. The molecule has 0 amide bonds. The molecular formula is C8H7N3O6. The fraction of sp³-hybridized carbons (Fsp3) is 0.250. The summed E-state index contributed by atoms with van der Waals surface area (Å²) >= 11 is 0. The highest BCUT2D eigenvalue weighted by atomic mass is 16.6. The summed E-state index contributed by atoms with van der Waals surface area (Å²) in [6, 6.07) is 0.947. The predicted octanol–water partition coefficient (Wildman–Crippen LogP) is 0.856. The number of anilines is 1. The standard InChI is InChI=1S/C8H7N3O6/c9-6-7(11(14)15)4(10(12)13)3-5-8(6)17-2-1-16-5/h3H,1-2,9H2. The van der Waals surface area contributed by atoms with E-state index in [-0.39, 0.29) is 30.4 Å². The number of nitrogen functional groups attached to an aromatic ring is 1. The van der Waals surface area contributed by atoms with Gasteiger partial charge in [0.1, 0.15) is 13.2 Å². The molecule has 9 nitrogen and oxygen atoms in total. The van der Waals surface area contributed by atoms with Crippen molar-refractivity contribution in [1.29, 1.82) is 0 Å². The summed E-state index contributed by atoms with van der Waals surface area (Å²) in [7, 11) is 0. The SMILES string of the molecule is Nc1c2c(cc([N+](=O)[O-])c1[N+](=O)[O-])OCCO2. The molecular weight excluding hydrogens is 234 g/mol. The van der Waals surface area contributed by atoms with Crippen LogP contribution in [0.25, 0.3) is 0 Å². The number of rotatable bonds is 2. The number of nitro benzene ring substituents is 2. The van der Waals surface area contributed by atoms with Crippen LogP contribution in [0.5, 0.6) is 11.5 Å². The molecule has 1 aromatic carbocycles. The maximum atomic E-state index is 10.8. The molecule has 1 heterocycles. The lowest BCUT2D eigenvalue weighted by Gasteiger charge is -2.19. The molecule has 0 saturated carbocycles. The van der Waals surface area contributed by atoms with E-state index in [1.807, 2.05) is 0 Å². The number of ether oxygens (including phenoxy) is 2. The maximum Gasteiger partial charge on any atom is 0.372 e. The van der Waals surface area contributed by atoms with Gasteiger partial charge in [0.2, 0.25) is 0 Å². The summed E-state index contributed by atoms with van der Waals surface area (Å²) in [5, 5.41) is 21.5. The molecule has 0 atom stereocenters. The molecule has 1 aromatic rings. The zero-order valence-electron chi connectivity index (χ0n) is 8.41. The number of nitrogens with zero attached hydrogens (tertiary/aromatic N) is 2. The molecule has 2 rings (SSSR count). The first-order valence-corrected chi connectivity index (χ1v) is 4.53. The highest BCUT2D eigenvalue weighted by Crippen LogP contribution is 2.47. The van der Waals surface area contributed by atoms with Crippen LogP contribution in [0.3, 0.4) is 0 Å². The van der Waals surface area contributed by atoms with Gasteiger partial charge in [-0.3, -0.25) is 20.2 Å². The van der Waals surface area contributed by atoms with E-state index in [0.29, 0.717) is 0 Å². The zero-order chi connectivity index (χ0) is 12.6. The van der Waals surface area contributed by atoms with Crippen molar-refractivity contribution in [2.75, 3.05) is 18.9 Å². The molecule has 0 aliphatic carbocycles. The third-order valence-electron chi connectivity index (χ3n) is 2.20. The van der Waals surface area contributed by atoms with E-state index in [4.69, 9.17) is 15.2 Å². The van der Waals surface area contributed by atoms with Crippen molar-refractivity contribution in [3.8, 4) is 11.5 Å². The highest BCUT2D eigenvalue weighted by molar-refractivity contribution is 5.80. The van der Waals surface area contributed by atoms with Crippen LogP contribution in [0, 0.1) is 20.2 Å². The van der Waals surface area contributed by atoms with E-state index in [2.05, 4.69) is 0 Å². The first-order chi connectivity index (χ1) is 8.02. The second kappa shape index (κ2) is 3.77. The van der Waals surface area contributed by atoms with E-state index < -0.39 is 21.2 Å². The summed E-state index contributed by atoms with van der Waals surface area (Å²) in [5.74, 6) is 0.0274. The van der Waals surface area contributed by atoms with Crippen LogP contribution < -0.4 is 15.2 Å². The van der Waals surface area contributed by atoms with Crippen molar-refractivity contribution < 1.29 is 19.3 Å². The van der Waals surface area contributed by atoms with Crippen molar-refractivity contribution in [3.05, 3.63) is 26.3 Å². The number of fused-ring (bicyclic) bond motifs is 1. The lowest BCUT2D eigenvalue weighted by Crippen LogP contribution is -2.17. The topological polar surface area (TPSA) is 131 Å². The van der Waals surface area contributed by atoms with Crippen molar-refractivity contribution in [3.63, 3.8) is 0 Å². The van der Waals surface area contributed by atoms with E-state index in [1.165, 1.54) is 0 Å². The Bertz CT molecular complexity index is 514. The summed E-state index contributed by atoms with van der Waals surface area (Å²) in [5.41, 5.74) is 3.61. The van der Waals surface area contributed by atoms with Gasteiger partial charge in [-0.15, -0.1) is 0 Å². The second-order valence-corrected chi connectivity index (χ2v) is 3.20. The van der Waals surface area contributed by atoms with Crippen LogP contribution in [0.1, 0.15) is 0 Å². The van der Waals surface area contributed by atoms with Crippen molar-refractivity contribution in [2.24, 2.45) is 0 Å². The monoisotopic (exact) mass is 241 g/mol. The van der Waals surface area contributed by atoms with Gasteiger partial charge in [0.15, 0.2) is 17.2 Å². The molecule has 90 valence electrons. The Morgan fingerprint density at radius 3 is 2.41 bits per heavy atom. The molecule has 0 saturated heterocycles. The van der Waals surface area contributed by atoms with Gasteiger partial charge in [-0.2, -0.15) is 0 Å². The minimum atomic E-state index is -0.911. The fourth-order valence-corrected chi connectivity index (χ4v) is 1.52. The van der Waals surface area contributed by atoms with Gasteiger partial charge < -0.3 is 15.2 Å². The van der Waals surface area contributed by atoms with Gasteiger partial charge in [-0.25, -0.2) is 0 Å². The largest absolute Gasteiger partial charge is 0.486 e. The molecule has 0 aromatic heterocycles. The summed E-state index contributed by atoms with van der Waals surface area (Å²) in [6.07, 6.45) is 0. The number of hydrogen-bond acceptors (Lipinski definition) is 7. The Morgan fingerprint density at radius 2 is 1.82 bits per heavy atom. The zero-order valence-corrected chi connectivity index (χ0v) is 8.41. The van der Waals surface area contributed by atoms with Crippen LogP contribution in [0.4, 0.5) is 17.1 Å². The van der Waals surface area contributed by atoms with Gasteiger partial charge in [-0.1, -0.05) is 0 Å². The van der Waals surface area contributed by atoms with Crippen LogP contribution in [-0.2, 0) is 0 Å². The molecule has 2 N–H and O–H groups in total. The third-order valence-corrected chi connectivity index (χ3v) is 2.20. The number of nitro groups is 2. The van der Waals surface area contributed by atoms with E-state index in [9.17, 15) is 20.2 Å². The summed E-state index contributed by atoms with van der Waals surface area (Å²) < 4.78 is 10.2. The van der Waals surface area contributed by atoms with E-state index in [0.717, 1.165) is 6.07 Å².